The maximum absolute atomic E-state index is 6.00. The number of anilines is 1. The first-order chi connectivity index (χ1) is 18.3. The number of unbranched alkanes of at least 4 members (excludes halogenated alkanes) is 1. The van der Waals surface area contributed by atoms with Gasteiger partial charge in [-0.05, 0) is 37.0 Å². The third kappa shape index (κ3) is 5.79. The third-order valence-electron chi connectivity index (χ3n) is 6.58. The van der Waals surface area contributed by atoms with Crippen molar-refractivity contribution >= 4 is 39.4 Å². The van der Waals surface area contributed by atoms with Crippen LogP contribution in [0, 0.1) is 0 Å². The van der Waals surface area contributed by atoms with Crippen LogP contribution in [-0.2, 0) is 31.0 Å². The Balaban J connectivity index is 1.70. The first kappa shape index (κ1) is 25.2. The van der Waals surface area contributed by atoms with Gasteiger partial charge in [-0.25, -0.2) is 9.97 Å². The fourth-order valence-electron chi connectivity index (χ4n) is 4.79. The Kier molecular flexibility index (Phi) is 8.34. The molecule has 0 saturated carbocycles. The lowest BCUT2D eigenvalue weighted by molar-refractivity contribution is 0.0886. The van der Waals surface area contributed by atoms with Gasteiger partial charge < -0.3 is 14.2 Å². The summed E-state index contributed by atoms with van der Waals surface area (Å²) < 4.78 is 8.18. The minimum Gasteiger partial charge on any atom is -0.361 e. The average molecular weight is 513 g/mol. The predicted octanol–water partition coefficient (Wildman–Crippen LogP) is 7.35. The number of hydrogen-bond acceptors (Lipinski definition) is 4. The Morgan fingerprint density at radius 3 is 2.11 bits per heavy atom. The molecule has 0 unspecified atom stereocenters. The summed E-state index contributed by atoms with van der Waals surface area (Å²) in [7, 11) is 0. The quantitative estimate of drug-likeness (QED) is 0.129. The second kappa shape index (κ2) is 12.2. The molecule has 0 aliphatic carbocycles. The minimum absolute atomic E-state index is 0.466. The maximum Gasteiger partial charge on any atom is 0.158 e. The van der Waals surface area contributed by atoms with Crippen LogP contribution in [0.15, 0.2) is 84.9 Å². The van der Waals surface area contributed by atoms with E-state index in [4.69, 9.17) is 26.3 Å². The van der Waals surface area contributed by atoms with Gasteiger partial charge in [-0.2, -0.15) is 0 Å². The van der Waals surface area contributed by atoms with Crippen LogP contribution < -0.4 is 4.90 Å². The van der Waals surface area contributed by atoms with Crippen LogP contribution in [0.2, 0.25) is 0 Å². The van der Waals surface area contributed by atoms with Crippen LogP contribution >= 0.6 is 11.6 Å². The zero-order valence-corrected chi connectivity index (χ0v) is 22.1. The Bertz CT molecular complexity index is 1390. The van der Waals surface area contributed by atoms with Gasteiger partial charge in [0.25, 0.3) is 0 Å². The van der Waals surface area contributed by atoms with E-state index in [1.807, 2.05) is 13.0 Å². The summed E-state index contributed by atoms with van der Waals surface area (Å²) in [6, 6.07) is 29.5. The highest BCUT2D eigenvalue weighted by Crippen LogP contribution is 2.34. The molecule has 0 aliphatic rings. The average Bonchev–Trinajstić information content (AvgIpc) is 3.31. The minimum atomic E-state index is 0.466. The molecule has 2 heterocycles. The molecule has 0 bridgehead atoms. The number of halogens is 1. The largest absolute Gasteiger partial charge is 0.361 e. The van der Waals surface area contributed by atoms with Gasteiger partial charge in [-0.3, -0.25) is 0 Å². The first-order valence-corrected chi connectivity index (χ1v) is 13.6. The van der Waals surface area contributed by atoms with Crippen LogP contribution in [-0.4, -0.2) is 27.0 Å². The molecule has 0 amide bonds. The van der Waals surface area contributed by atoms with E-state index in [1.165, 1.54) is 11.1 Å². The van der Waals surface area contributed by atoms with E-state index >= 15 is 0 Å². The number of pyridine rings is 1. The summed E-state index contributed by atoms with van der Waals surface area (Å²) in [5, 5.41) is 1.09. The molecule has 0 atom stereocenters. The highest BCUT2D eigenvalue weighted by molar-refractivity contribution is 6.17. The van der Waals surface area contributed by atoms with Crippen LogP contribution in [0.5, 0.6) is 0 Å². The molecule has 0 N–H and O–H groups in total. The van der Waals surface area contributed by atoms with Crippen molar-refractivity contribution in [2.45, 2.75) is 46.0 Å². The summed E-state index contributed by atoms with van der Waals surface area (Å²) in [6.45, 7) is 4.60. The third-order valence-corrected chi connectivity index (χ3v) is 6.85. The lowest BCUT2D eigenvalue weighted by Gasteiger charge is -2.25. The van der Waals surface area contributed by atoms with Crippen molar-refractivity contribution in [3.05, 3.63) is 102 Å². The molecule has 3 aromatic carbocycles. The summed E-state index contributed by atoms with van der Waals surface area (Å²) in [5.74, 6) is 2.58. The molecule has 6 heteroatoms. The molecule has 5 rings (SSSR count). The van der Waals surface area contributed by atoms with Gasteiger partial charge in [-0.1, -0.05) is 78.9 Å². The van der Waals surface area contributed by atoms with Crippen LogP contribution in [0.1, 0.15) is 36.7 Å². The Hall–Kier alpha value is -3.41. The highest BCUT2D eigenvalue weighted by atomic mass is 35.5. The van der Waals surface area contributed by atoms with Gasteiger partial charge in [0.05, 0.1) is 11.0 Å². The molecular formula is C31H33ClN4O. The number of hydrogen-bond donors (Lipinski definition) is 0. The summed E-state index contributed by atoms with van der Waals surface area (Å²) >= 11 is 6.00. The molecule has 0 fully saturated rings. The molecule has 0 radical (unpaired) electrons. The molecule has 0 saturated heterocycles. The molecule has 2 aromatic heterocycles. The van der Waals surface area contributed by atoms with Crippen molar-refractivity contribution in [3.63, 3.8) is 0 Å². The van der Waals surface area contributed by atoms with E-state index in [9.17, 15) is 0 Å². The zero-order valence-electron chi connectivity index (χ0n) is 21.3. The van der Waals surface area contributed by atoms with Crippen molar-refractivity contribution in [2.24, 2.45) is 0 Å². The van der Waals surface area contributed by atoms with E-state index in [0.29, 0.717) is 19.2 Å². The lowest BCUT2D eigenvalue weighted by Crippen LogP contribution is -2.23. The molecule has 5 aromatic rings. The van der Waals surface area contributed by atoms with Crippen molar-refractivity contribution < 1.29 is 4.74 Å². The molecule has 5 nitrogen and oxygen atoms in total. The van der Waals surface area contributed by atoms with Crippen LogP contribution in [0.3, 0.4) is 0 Å². The number of alkyl halides is 1. The standard InChI is InChI=1S/C31H33ClN4O/c1-2-37-23-36-28(19-11-12-20-32)34-29-30(36)26-17-9-10-18-27(26)33-31(29)35(21-24-13-5-3-6-14-24)22-25-15-7-4-8-16-25/h3-10,13-18H,2,11-12,19-23H2,1H3. The van der Waals surface area contributed by atoms with E-state index in [1.54, 1.807) is 0 Å². The summed E-state index contributed by atoms with van der Waals surface area (Å²) in [4.78, 5) is 12.8. The van der Waals surface area contributed by atoms with Crippen molar-refractivity contribution in [1.82, 2.24) is 14.5 Å². The lowest BCUT2D eigenvalue weighted by atomic mass is 10.1. The van der Waals surface area contributed by atoms with Gasteiger partial charge >= 0.3 is 0 Å². The Labute approximate surface area is 223 Å². The molecular weight excluding hydrogens is 480 g/mol. The normalized spacial score (nSPS) is 11.4. The summed E-state index contributed by atoms with van der Waals surface area (Å²) in [6.07, 6.45) is 2.79. The van der Waals surface area contributed by atoms with Gasteiger partial charge in [-0.15, -0.1) is 11.6 Å². The zero-order chi connectivity index (χ0) is 25.5. The van der Waals surface area contributed by atoms with E-state index in [2.05, 4.69) is 88.3 Å². The van der Waals surface area contributed by atoms with Gasteiger partial charge in [0.15, 0.2) is 5.82 Å². The van der Waals surface area contributed by atoms with E-state index < -0.39 is 0 Å². The number of para-hydroxylation sites is 1. The number of rotatable bonds is 12. The SMILES string of the molecule is CCOCn1c(CCCCCl)nc2c(N(Cc3ccccc3)Cc3ccccc3)nc3ccccc3c21. The van der Waals surface area contributed by atoms with Crippen molar-refractivity contribution in [1.29, 1.82) is 0 Å². The molecule has 0 aliphatic heterocycles. The van der Waals surface area contributed by atoms with Crippen molar-refractivity contribution in [3.8, 4) is 0 Å². The Morgan fingerprint density at radius 2 is 1.46 bits per heavy atom. The van der Waals surface area contributed by atoms with E-state index in [0.717, 1.165) is 65.9 Å². The maximum atomic E-state index is 6.00. The van der Waals surface area contributed by atoms with Gasteiger partial charge in [0, 0.05) is 37.4 Å². The number of ether oxygens (including phenoxy) is 1. The summed E-state index contributed by atoms with van der Waals surface area (Å²) in [5.41, 5.74) is 5.43. The number of benzene rings is 3. The van der Waals surface area contributed by atoms with Crippen LogP contribution in [0.4, 0.5) is 5.82 Å². The molecule has 0 spiro atoms. The van der Waals surface area contributed by atoms with E-state index in [-0.39, 0.29) is 0 Å². The Morgan fingerprint density at radius 1 is 0.811 bits per heavy atom. The van der Waals surface area contributed by atoms with Crippen molar-refractivity contribution in [2.75, 3.05) is 17.4 Å². The monoisotopic (exact) mass is 512 g/mol. The molecule has 37 heavy (non-hydrogen) atoms. The second-order valence-corrected chi connectivity index (χ2v) is 9.58. The van der Waals surface area contributed by atoms with Gasteiger partial charge in [0.2, 0.25) is 0 Å². The fourth-order valence-corrected chi connectivity index (χ4v) is 4.98. The number of aromatic nitrogens is 3. The smallest absolute Gasteiger partial charge is 0.158 e. The van der Waals surface area contributed by atoms with Crippen LogP contribution in [0.25, 0.3) is 21.9 Å². The first-order valence-electron chi connectivity index (χ1n) is 13.0. The number of fused-ring (bicyclic) bond motifs is 3. The van der Waals surface area contributed by atoms with Gasteiger partial charge in [0.1, 0.15) is 18.1 Å². The predicted molar refractivity (Wildman–Crippen MR) is 153 cm³/mol. The molecule has 190 valence electrons. The highest BCUT2D eigenvalue weighted by Gasteiger charge is 2.22. The number of imidazole rings is 1. The fraction of sp³-hybridized carbons (Fsp3) is 0.290. The number of nitrogens with zero attached hydrogens (tertiary/aromatic N) is 4. The second-order valence-electron chi connectivity index (χ2n) is 9.20. The topological polar surface area (TPSA) is 43.2 Å². The number of aryl methyl sites for hydroxylation is 1.